The number of fused-ring (bicyclic) bond motifs is 1. The number of carbonyl (C=O) groups excluding carboxylic acids is 1. The van der Waals surface area contributed by atoms with Crippen LogP contribution in [0.25, 0.3) is 10.2 Å². The molecule has 1 amide bonds. The van der Waals surface area contributed by atoms with Crippen LogP contribution in [0.4, 0.5) is 5.13 Å². The maximum atomic E-state index is 13.7. The first kappa shape index (κ1) is 24.8. The Hall–Kier alpha value is -2.85. The molecule has 7 nitrogen and oxygen atoms in total. The fourth-order valence-electron chi connectivity index (χ4n) is 4.34. The standard InChI is InChI=1S/C26H25ClN4O3S2/c1-18-4-3-13-30(16-18)36(33,34)22-9-6-20(7-10-22)25(32)31(17-19-5-2-12-28-15-19)26-29-23-11-8-21(27)14-24(23)35-26/h2,5-12,14-15,18H,3-4,13,16-17H2,1H3. The zero-order chi connectivity index (χ0) is 25.3. The van der Waals surface area contributed by atoms with E-state index in [9.17, 15) is 13.2 Å². The minimum atomic E-state index is -3.60. The van der Waals surface area contributed by atoms with Crippen LogP contribution < -0.4 is 4.90 Å². The molecule has 3 heterocycles. The molecule has 2 aromatic heterocycles. The van der Waals surface area contributed by atoms with Crippen molar-refractivity contribution in [3.63, 3.8) is 0 Å². The molecule has 1 aliphatic heterocycles. The number of piperidine rings is 1. The molecule has 0 aliphatic carbocycles. The second kappa shape index (κ2) is 10.3. The minimum Gasteiger partial charge on any atom is -0.279 e. The topological polar surface area (TPSA) is 83.5 Å². The highest BCUT2D eigenvalue weighted by molar-refractivity contribution is 7.89. The molecule has 4 aromatic rings. The average Bonchev–Trinajstić information content (AvgIpc) is 3.30. The number of amides is 1. The normalized spacial score (nSPS) is 16.8. The number of sulfonamides is 1. The fraction of sp³-hybridized carbons (Fsp3) is 0.269. The number of nitrogens with zero attached hydrogens (tertiary/aromatic N) is 4. The van der Waals surface area contributed by atoms with E-state index in [0.29, 0.717) is 34.7 Å². The van der Waals surface area contributed by atoms with Gasteiger partial charge in [-0.25, -0.2) is 13.4 Å². The third-order valence-electron chi connectivity index (χ3n) is 6.24. The van der Waals surface area contributed by atoms with Gasteiger partial charge in [-0.15, -0.1) is 0 Å². The van der Waals surface area contributed by atoms with E-state index in [1.165, 1.54) is 23.5 Å². The van der Waals surface area contributed by atoms with Gasteiger partial charge in [0.05, 0.1) is 21.7 Å². The molecule has 0 radical (unpaired) electrons. The summed E-state index contributed by atoms with van der Waals surface area (Å²) < 4.78 is 28.7. The first-order chi connectivity index (χ1) is 17.3. The van der Waals surface area contributed by atoms with Crippen molar-refractivity contribution in [1.29, 1.82) is 0 Å². The van der Waals surface area contributed by atoms with Crippen LogP contribution in [-0.2, 0) is 16.6 Å². The molecule has 2 aromatic carbocycles. The monoisotopic (exact) mass is 540 g/mol. The molecule has 5 rings (SSSR count). The maximum absolute atomic E-state index is 13.7. The number of halogens is 1. The molecule has 0 bridgehead atoms. The molecular formula is C26H25ClN4O3S2. The van der Waals surface area contributed by atoms with E-state index in [-0.39, 0.29) is 17.3 Å². The van der Waals surface area contributed by atoms with Gasteiger partial charge in [-0.2, -0.15) is 4.31 Å². The number of thiazole rings is 1. The first-order valence-corrected chi connectivity index (χ1v) is 14.3. The molecule has 1 atom stereocenters. The predicted octanol–water partition coefficient (Wildman–Crippen LogP) is 5.61. The van der Waals surface area contributed by atoms with Gasteiger partial charge in [0.25, 0.3) is 5.91 Å². The Kier molecular flexibility index (Phi) is 7.07. The number of benzene rings is 2. The van der Waals surface area contributed by atoms with Crippen LogP contribution in [0, 0.1) is 5.92 Å². The van der Waals surface area contributed by atoms with Crippen molar-refractivity contribution in [3.05, 3.63) is 83.1 Å². The summed E-state index contributed by atoms with van der Waals surface area (Å²) >= 11 is 7.52. The Balaban J connectivity index is 1.46. The van der Waals surface area contributed by atoms with Crippen molar-refractivity contribution in [2.24, 2.45) is 5.92 Å². The largest absolute Gasteiger partial charge is 0.279 e. The number of anilines is 1. The van der Waals surface area contributed by atoms with E-state index in [4.69, 9.17) is 11.6 Å². The fourth-order valence-corrected chi connectivity index (χ4v) is 7.18. The maximum Gasteiger partial charge on any atom is 0.260 e. The van der Waals surface area contributed by atoms with E-state index in [0.717, 1.165) is 28.6 Å². The zero-order valence-electron chi connectivity index (χ0n) is 19.7. The van der Waals surface area contributed by atoms with E-state index in [2.05, 4.69) is 16.9 Å². The Morgan fingerprint density at radius 2 is 2.00 bits per heavy atom. The third-order valence-corrected chi connectivity index (χ3v) is 9.39. The zero-order valence-corrected chi connectivity index (χ0v) is 22.1. The molecular weight excluding hydrogens is 516 g/mol. The van der Waals surface area contributed by atoms with Gasteiger partial charge in [0, 0.05) is 36.1 Å². The Morgan fingerprint density at radius 1 is 1.19 bits per heavy atom. The number of carbonyl (C=O) groups is 1. The summed E-state index contributed by atoms with van der Waals surface area (Å²) in [7, 11) is -3.60. The first-order valence-electron chi connectivity index (χ1n) is 11.7. The number of pyridine rings is 1. The lowest BCUT2D eigenvalue weighted by Gasteiger charge is -2.30. The minimum absolute atomic E-state index is 0.196. The van der Waals surface area contributed by atoms with Crippen molar-refractivity contribution < 1.29 is 13.2 Å². The summed E-state index contributed by atoms with van der Waals surface area (Å²) in [6.07, 6.45) is 5.27. The Bertz CT molecular complexity index is 1490. The van der Waals surface area contributed by atoms with E-state index < -0.39 is 10.0 Å². The van der Waals surface area contributed by atoms with E-state index in [1.807, 2.05) is 24.3 Å². The summed E-state index contributed by atoms with van der Waals surface area (Å²) in [6, 6.07) is 15.3. The smallest absolute Gasteiger partial charge is 0.260 e. The molecule has 10 heteroatoms. The Labute approximate surface area is 219 Å². The van der Waals surface area contributed by atoms with Gasteiger partial charge in [0.2, 0.25) is 10.0 Å². The van der Waals surface area contributed by atoms with Crippen LogP contribution in [-0.4, -0.2) is 41.7 Å². The van der Waals surface area contributed by atoms with Crippen molar-refractivity contribution >= 4 is 54.2 Å². The van der Waals surface area contributed by atoms with E-state index >= 15 is 0 Å². The highest BCUT2D eigenvalue weighted by atomic mass is 35.5. The van der Waals surface area contributed by atoms with Gasteiger partial charge in [0.1, 0.15) is 0 Å². The second-order valence-corrected chi connectivity index (χ2v) is 12.4. The summed E-state index contributed by atoms with van der Waals surface area (Å²) in [5.74, 6) is 0.0543. The highest BCUT2D eigenvalue weighted by Crippen LogP contribution is 2.33. The van der Waals surface area contributed by atoms with Gasteiger partial charge in [-0.3, -0.25) is 14.7 Å². The van der Waals surface area contributed by atoms with Gasteiger partial charge < -0.3 is 0 Å². The SMILES string of the molecule is CC1CCCN(S(=O)(=O)c2ccc(C(=O)N(Cc3cccnc3)c3nc4ccc(Cl)cc4s3)cc2)C1. The van der Waals surface area contributed by atoms with Crippen LogP contribution in [0.15, 0.2) is 71.9 Å². The number of hydrogen-bond acceptors (Lipinski definition) is 6. The van der Waals surface area contributed by atoms with E-state index in [1.54, 1.807) is 39.8 Å². The van der Waals surface area contributed by atoms with Gasteiger partial charge in [0.15, 0.2) is 5.13 Å². The van der Waals surface area contributed by atoms with Crippen LogP contribution in [0.3, 0.4) is 0 Å². The van der Waals surface area contributed by atoms with Crippen LogP contribution >= 0.6 is 22.9 Å². The molecule has 36 heavy (non-hydrogen) atoms. The average molecular weight is 541 g/mol. The highest BCUT2D eigenvalue weighted by Gasteiger charge is 2.29. The molecule has 0 saturated carbocycles. The third kappa shape index (κ3) is 5.15. The lowest BCUT2D eigenvalue weighted by molar-refractivity contribution is 0.0985. The molecule has 186 valence electrons. The number of hydrogen-bond donors (Lipinski definition) is 0. The number of rotatable bonds is 6. The van der Waals surface area contributed by atoms with Crippen molar-refractivity contribution in [2.45, 2.75) is 31.2 Å². The van der Waals surface area contributed by atoms with Crippen molar-refractivity contribution in [1.82, 2.24) is 14.3 Å². The van der Waals surface area contributed by atoms with Crippen molar-refractivity contribution in [2.75, 3.05) is 18.0 Å². The van der Waals surface area contributed by atoms with Gasteiger partial charge >= 0.3 is 0 Å². The van der Waals surface area contributed by atoms with Crippen molar-refractivity contribution in [3.8, 4) is 0 Å². The Morgan fingerprint density at radius 3 is 2.72 bits per heavy atom. The quantitative estimate of drug-likeness (QED) is 0.317. The van der Waals surface area contributed by atoms with Gasteiger partial charge in [-0.05, 0) is 72.9 Å². The van der Waals surface area contributed by atoms with Gasteiger partial charge in [-0.1, -0.05) is 35.9 Å². The number of aromatic nitrogens is 2. The summed E-state index contributed by atoms with van der Waals surface area (Å²) in [6.45, 7) is 3.37. The molecule has 0 N–H and O–H groups in total. The molecule has 1 fully saturated rings. The lowest BCUT2D eigenvalue weighted by atomic mass is 10.0. The van der Waals surface area contributed by atoms with Crippen LogP contribution in [0.2, 0.25) is 5.02 Å². The summed E-state index contributed by atoms with van der Waals surface area (Å²) in [4.78, 5) is 24.3. The molecule has 1 saturated heterocycles. The van der Waals surface area contributed by atoms with Crippen LogP contribution in [0.1, 0.15) is 35.7 Å². The van der Waals surface area contributed by atoms with Crippen LogP contribution in [0.5, 0.6) is 0 Å². The summed E-state index contributed by atoms with van der Waals surface area (Å²) in [5.41, 5.74) is 1.98. The lowest BCUT2D eigenvalue weighted by Crippen LogP contribution is -2.39. The predicted molar refractivity (Wildman–Crippen MR) is 143 cm³/mol. The summed E-state index contributed by atoms with van der Waals surface area (Å²) in [5, 5.41) is 1.13. The second-order valence-electron chi connectivity index (χ2n) is 9.00. The molecule has 0 spiro atoms. The molecule has 1 unspecified atom stereocenters. The molecule has 1 aliphatic rings.